The fourth-order valence-electron chi connectivity index (χ4n) is 1.51. The zero-order valence-corrected chi connectivity index (χ0v) is 9.50. The molecule has 0 aliphatic carbocycles. The Morgan fingerprint density at radius 3 is 2.71 bits per heavy atom. The average molecular weight is 227 g/mol. The topological polar surface area (TPSA) is 59.2 Å². The van der Waals surface area contributed by atoms with Crippen LogP contribution in [0.25, 0.3) is 0 Å². The van der Waals surface area contributed by atoms with E-state index in [9.17, 15) is 4.79 Å². The second-order valence-corrected chi connectivity index (χ2v) is 3.67. The van der Waals surface area contributed by atoms with Crippen molar-refractivity contribution in [1.82, 2.24) is 4.98 Å². The molecule has 0 saturated carbocycles. The van der Waals surface area contributed by atoms with E-state index in [0.29, 0.717) is 11.4 Å². The smallest absolute Gasteiger partial charge is 0.276 e. The molecule has 4 nitrogen and oxygen atoms in total. The Bertz CT molecular complexity index is 525. The van der Waals surface area contributed by atoms with Gasteiger partial charge in [0.1, 0.15) is 5.69 Å². The van der Waals surface area contributed by atoms with Gasteiger partial charge in [0.25, 0.3) is 5.91 Å². The van der Waals surface area contributed by atoms with Gasteiger partial charge in [-0.05, 0) is 30.3 Å². The summed E-state index contributed by atoms with van der Waals surface area (Å²) >= 11 is 0. The molecule has 2 aromatic rings. The molecule has 86 valence electrons. The van der Waals surface area contributed by atoms with E-state index in [-0.39, 0.29) is 5.91 Å². The molecule has 0 radical (unpaired) electrons. The second kappa shape index (κ2) is 4.65. The van der Waals surface area contributed by atoms with E-state index in [1.807, 2.05) is 12.1 Å². The van der Waals surface area contributed by atoms with Crippen LogP contribution < -0.4 is 10.6 Å². The summed E-state index contributed by atoms with van der Waals surface area (Å²) < 4.78 is 0. The predicted molar refractivity (Wildman–Crippen MR) is 67.8 cm³/mol. The van der Waals surface area contributed by atoms with Gasteiger partial charge < -0.3 is 10.6 Å². The average Bonchev–Trinajstić information content (AvgIpc) is 2.38. The van der Waals surface area contributed by atoms with E-state index in [1.54, 1.807) is 43.6 Å². The minimum atomic E-state index is -0.156. The Balaban J connectivity index is 2.27. The van der Waals surface area contributed by atoms with Crippen LogP contribution >= 0.6 is 0 Å². The Morgan fingerprint density at radius 1 is 1.24 bits per heavy atom. The molecule has 1 aromatic carbocycles. The molecular weight excluding hydrogens is 214 g/mol. The van der Waals surface area contributed by atoms with Crippen molar-refractivity contribution in [3.8, 4) is 0 Å². The lowest BCUT2D eigenvalue weighted by atomic mass is 10.2. The molecule has 0 aliphatic rings. The van der Waals surface area contributed by atoms with E-state index in [4.69, 9.17) is 5.73 Å². The number of rotatable bonds is 2. The first-order chi connectivity index (χ1) is 8.18. The number of pyridine rings is 1. The summed E-state index contributed by atoms with van der Waals surface area (Å²) in [5.41, 5.74) is 7.47. The summed E-state index contributed by atoms with van der Waals surface area (Å²) in [7, 11) is 1.70. The Hall–Kier alpha value is -2.36. The van der Waals surface area contributed by atoms with Crippen LogP contribution in [0.4, 0.5) is 11.4 Å². The van der Waals surface area contributed by atoms with Gasteiger partial charge in [0, 0.05) is 24.6 Å². The molecule has 1 amide bonds. The molecular formula is C13H13N3O. The summed E-state index contributed by atoms with van der Waals surface area (Å²) in [6, 6.07) is 12.4. The molecule has 1 aromatic heterocycles. The highest BCUT2D eigenvalue weighted by Gasteiger charge is 2.13. The van der Waals surface area contributed by atoms with Crippen molar-refractivity contribution in [1.29, 1.82) is 0 Å². The molecule has 0 saturated heterocycles. The lowest BCUT2D eigenvalue weighted by Crippen LogP contribution is -2.26. The number of carbonyl (C=O) groups excluding carboxylic acids is 1. The van der Waals surface area contributed by atoms with E-state index in [1.165, 1.54) is 4.90 Å². The molecule has 0 unspecified atom stereocenters. The Morgan fingerprint density at radius 2 is 2.06 bits per heavy atom. The monoisotopic (exact) mass is 227 g/mol. The lowest BCUT2D eigenvalue weighted by molar-refractivity contribution is 0.0988. The van der Waals surface area contributed by atoms with Crippen LogP contribution in [0.5, 0.6) is 0 Å². The van der Waals surface area contributed by atoms with Crippen LogP contribution in [0.1, 0.15) is 10.5 Å². The first-order valence-corrected chi connectivity index (χ1v) is 5.23. The number of amides is 1. The van der Waals surface area contributed by atoms with Gasteiger partial charge in [-0.2, -0.15) is 0 Å². The zero-order chi connectivity index (χ0) is 12.3. The van der Waals surface area contributed by atoms with Gasteiger partial charge in [-0.1, -0.05) is 12.1 Å². The minimum absolute atomic E-state index is 0.156. The van der Waals surface area contributed by atoms with Crippen LogP contribution in [0, 0.1) is 0 Å². The molecule has 0 aliphatic heterocycles. The van der Waals surface area contributed by atoms with Crippen LogP contribution in [-0.2, 0) is 0 Å². The van der Waals surface area contributed by atoms with E-state index < -0.39 is 0 Å². The largest absolute Gasteiger partial charge is 0.399 e. The van der Waals surface area contributed by atoms with Crippen LogP contribution in [0.15, 0.2) is 48.7 Å². The highest BCUT2D eigenvalue weighted by atomic mass is 16.2. The summed E-state index contributed by atoms with van der Waals surface area (Å²) in [5, 5.41) is 0. The van der Waals surface area contributed by atoms with Gasteiger partial charge >= 0.3 is 0 Å². The third-order valence-corrected chi connectivity index (χ3v) is 2.45. The van der Waals surface area contributed by atoms with Gasteiger partial charge in [0.15, 0.2) is 0 Å². The van der Waals surface area contributed by atoms with E-state index in [0.717, 1.165) is 5.69 Å². The number of anilines is 2. The SMILES string of the molecule is CN(C(=O)c1ccccn1)c1cccc(N)c1. The van der Waals surface area contributed by atoms with Crippen LogP contribution in [0.2, 0.25) is 0 Å². The maximum Gasteiger partial charge on any atom is 0.276 e. The molecule has 2 N–H and O–H groups in total. The highest BCUT2D eigenvalue weighted by Crippen LogP contribution is 2.17. The van der Waals surface area contributed by atoms with E-state index >= 15 is 0 Å². The van der Waals surface area contributed by atoms with Crippen molar-refractivity contribution in [2.24, 2.45) is 0 Å². The highest BCUT2D eigenvalue weighted by molar-refractivity contribution is 6.04. The standard InChI is InChI=1S/C13H13N3O/c1-16(11-6-4-5-10(14)9-11)13(17)12-7-2-3-8-15-12/h2-9H,14H2,1H3. The number of benzene rings is 1. The van der Waals surface area contributed by atoms with E-state index in [2.05, 4.69) is 4.98 Å². The Labute approximate surface area is 99.7 Å². The number of aromatic nitrogens is 1. The minimum Gasteiger partial charge on any atom is -0.399 e. The molecule has 1 heterocycles. The van der Waals surface area contributed by atoms with Gasteiger partial charge in [-0.15, -0.1) is 0 Å². The molecule has 0 bridgehead atoms. The normalized spacial score (nSPS) is 9.94. The zero-order valence-electron chi connectivity index (χ0n) is 9.50. The maximum atomic E-state index is 12.1. The van der Waals surface area contributed by atoms with Gasteiger partial charge in [0.2, 0.25) is 0 Å². The summed E-state index contributed by atoms with van der Waals surface area (Å²) in [6.07, 6.45) is 1.60. The third kappa shape index (κ3) is 2.42. The first-order valence-electron chi connectivity index (χ1n) is 5.23. The van der Waals surface area contributed by atoms with Crippen molar-refractivity contribution in [2.75, 3.05) is 17.7 Å². The quantitative estimate of drug-likeness (QED) is 0.797. The third-order valence-electron chi connectivity index (χ3n) is 2.45. The number of nitrogen functional groups attached to an aromatic ring is 1. The van der Waals surface area contributed by atoms with Gasteiger partial charge in [-0.3, -0.25) is 9.78 Å². The number of hydrogen-bond donors (Lipinski definition) is 1. The Kier molecular flexibility index (Phi) is 3.05. The molecule has 0 atom stereocenters. The molecule has 2 rings (SSSR count). The van der Waals surface area contributed by atoms with Crippen LogP contribution in [0.3, 0.4) is 0 Å². The molecule has 0 fully saturated rings. The van der Waals surface area contributed by atoms with Crippen molar-refractivity contribution < 1.29 is 4.79 Å². The number of nitrogens with two attached hydrogens (primary N) is 1. The first kappa shape index (κ1) is 11.1. The summed E-state index contributed by atoms with van der Waals surface area (Å²) in [4.78, 5) is 17.6. The van der Waals surface area contributed by atoms with Gasteiger partial charge in [-0.25, -0.2) is 0 Å². The summed E-state index contributed by atoms with van der Waals surface area (Å²) in [6.45, 7) is 0. The fourth-order valence-corrected chi connectivity index (χ4v) is 1.51. The molecule has 4 heteroatoms. The lowest BCUT2D eigenvalue weighted by Gasteiger charge is -2.17. The summed E-state index contributed by atoms with van der Waals surface area (Å²) in [5.74, 6) is -0.156. The van der Waals surface area contributed by atoms with Gasteiger partial charge in [0.05, 0.1) is 0 Å². The molecule has 17 heavy (non-hydrogen) atoms. The van der Waals surface area contributed by atoms with Crippen molar-refractivity contribution >= 4 is 17.3 Å². The number of hydrogen-bond acceptors (Lipinski definition) is 3. The maximum absolute atomic E-state index is 12.1. The van der Waals surface area contributed by atoms with Crippen molar-refractivity contribution in [2.45, 2.75) is 0 Å². The van der Waals surface area contributed by atoms with Crippen molar-refractivity contribution in [3.05, 3.63) is 54.4 Å². The number of nitrogens with zero attached hydrogens (tertiary/aromatic N) is 2. The second-order valence-electron chi connectivity index (χ2n) is 3.67. The van der Waals surface area contributed by atoms with Crippen LogP contribution in [-0.4, -0.2) is 17.9 Å². The fraction of sp³-hybridized carbons (Fsp3) is 0.0769. The molecule has 0 spiro atoms. The number of carbonyl (C=O) groups is 1. The van der Waals surface area contributed by atoms with Crippen molar-refractivity contribution in [3.63, 3.8) is 0 Å². The predicted octanol–water partition coefficient (Wildman–Crippen LogP) is 1.94.